The van der Waals surface area contributed by atoms with Gasteiger partial charge in [0.2, 0.25) is 5.78 Å². The predicted octanol–water partition coefficient (Wildman–Crippen LogP) is 1.99. The molecule has 90 valence electrons. The summed E-state index contributed by atoms with van der Waals surface area (Å²) in [4.78, 5) is 16.4. The average molecular weight is 223 g/mol. The molecule has 1 aromatic heterocycles. The third-order valence-electron chi connectivity index (χ3n) is 3.10. The van der Waals surface area contributed by atoms with Gasteiger partial charge in [-0.1, -0.05) is 20.8 Å². The van der Waals surface area contributed by atoms with Crippen LogP contribution in [0.5, 0.6) is 0 Å². The Morgan fingerprint density at radius 1 is 1.44 bits per heavy atom. The maximum Gasteiger partial charge on any atom is 0.217 e. The molecule has 0 atom stereocenters. The minimum absolute atomic E-state index is 0.0454. The summed E-state index contributed by atoms with van der Waals surface area (Å²) in [6, 6.07) is 0. The van der Waals surface area contributed by atoms with Crippen LogP contribution in [0.15, 0.2) is 12.4 Å². The molecule has 0 fully saturated rings. The molecular formula is C12H21N3O. The van der Waals surface area contributed by atoms with Gasteiger partial charge in [0.05, 0.1) is 5.54 Å². The van der Waals surface area contributed by atoms with Crippen molar-refractivity contribution in [2.75, 3.05) is 0 Å². The van der Waals surface area contributed by atoms with E-state index in [9.17, 15) is 4.79 Å². The summed E-state index contributed by atoms with van der Waals surface area (Å²) in [7, 11) is 0. The van der Waals surface area contributed by atoms with E-state index in [-0.39, 0.29) is 5.78 Å². The lowest BCUT2D eigenvalue weighted by Gasteiger charge is -2.24. The third-order valence-corrected chi connectivity index (χ3v) is 3.10. The van der Waals surface area contributed by atoms with Crippen LogP contribution < -0.4 is 5.73 Å². The Morgan fingerprint density at radius 2 is 2.06 bits per heavy atom. The number of Topliss-reactive ketones (excluding diaryl/α,β-unsaturated/α-hetero) is 1. The zero-order valence-electron chi connectivity index (χ0n) is 10.4. The second kappa shape index (κ2) is 5.25. The van der Waals surface area contributed by atoms with Crippen molar-refractivity contribution in [3.8, 4) is 0 Å². The third kappa shape index (κ3) is 2.32. The van der Waals surface area contributed by atoms with E-state index >= 15 is 0 Å². The highest BCUT2D eigenvalue weighted by molar-refractivity contribution is 6.00. The van der Waals surface area contributed by atoms with E-state index in [4.69, 9.17) is 5.73 Å². The normalized spacial score (nSPS) is 11.8. The lowest BCUT2D eigenvalue weighted by Crippen LogP contribution is -2.47. The number of carbonyl (C=O) groups is 1. The van der Waals surface area contributed by atoms with Crippen LogP contribution in [0, 0.1) is 0 Å². The van der Waals surface area contributed by atoms with Crippen LogP contribution in [0.1, 0.15) is 50.7 Å². The van der Waals surface area contributed by atoms with Crippen LogP contribution >= 0.6 is 0 Å². The topological polar surface area (TPSA) is 60.9 Å². The number of imidazole rings is 1. The van der Waals surface area contributed by atoms with Gasteiger partial charge in [-0.15, -0.1) is 0 Å². The molecule has 0 unspecified atom stereocenters. The molecule has 2 N–H and O–H groups in total. The molecule has 0 radical (unpaired) electrons. The number of hydrogen-bond donors (Lipinski definition) is 1. The summed E-state index contributed by atoms with van der Waals surface area (Å²) in [5, 5.41) is 0. The van der Waals surface area contributed by atoms with Crippen molar-refractivity contribution in [2.24, 2.45) is 5.73 Å². The molecule has 1 heterocycles. The fourth-order valence-corrected chi connectivity index (χ4v) is 1.73. The molecule has 16 heavy (non-hydrogen) atoms. The monoisotopic (exact) mass is 223 g/mol. The molecule has 0 saturated carbocycles. The number of nitrogens with two attached hydrogens (primary N) is 1. The Morgan fingerprint density at radius 3 is 2.56 bits per heavy atom. The summed E-state index contributed by atoms with van der Waals surface area (Å²) in [6.45, 7) is 6.76. The minimum Gasteiger partial charge on any atom is -0.328 e. The van der Waals surface area contributed by atoms with E-state index in [2.05, 4.69) is 11.9 Å². The van der Waals surface area contributed by atoms with Crippen molar-refractivity contribution in [2.45, 2.75) is 52.1 Å². The number of carbonyl (C=O) groups excluding carboxylic acids is 1. The fraction of sp³-hybridized carbons (Fsp3) is 0.667. The summed E-state index contributed by atoms with van der Waals surface area (Å²) >= 11 is 0. The smallest absolute Gasteiger partial charge is 0.217 e. The highest BCUT2D eigenvalue weighted by Gasteiger charge is 2.33. The fourth-order valence-electron chi connectivity index (χ4n) is 1.73. The molecule has 1 rings (SSSR count). The van der Waals surface area contributed by atoms with Gasteiger partial charge in [-0.2, -0.15) is 0 Å². The first-order valence-electron chi connectivity index (χ1n) is 5.93. The SMILES string of the molecule is CCCn1ccnc1C(=O)C(N)(CC)CC. The van der Waals surface area contributed by atoms with Gasteiger partial charge < -0.3 is 10.3 Å². The van der Waals surface area contributed by atoms with E-state index in [1.54, 1.807) is 6.20 Å². The van der Waals surface area contributed by atoms with E-state index in [0.717, 1.165) is 13.0 Å². The zero-order valence-corrected chi connectivity index (χ0v) is 10.4. The lowest BCUT2D eigenvalue weighted by molar-refractivity contribution is 0.0864. The Labute approximate surface area is 96.9 Å². The number of nitrogens with zero attached hydrogens (tertiary/aromatic N) is 2. The van der Waals surface area contributed by atoms with Crippen molar-refractivity contribution < 1.29 is 4.79 Å². The first kappa shape index (κ1) is 12.9. The molecule has 0 amide bonds. The Hall–Kier alpha value is -1.16. The van der Waals surface area contributed by atoms with E-state index in [1.807, 2.05) is 24.6 Å². The first-order valence-corrected chi connectivity index (χ1v) is 5.93. The second-order valence-electron chi connectivity index (χ2n) is 4.14. The van der Waals surface area contributed by atoms with Gasteiger partial charge in [-0.05, 0) is 19.3 Å². The quantitative estimate of drug-likeness (QED) is 0.750. The Kier molecular flexibility index (Phi) is 4.24. The largest absolute Gasteiger partial charge is 0.328 e. The van der Waals surface area contributed by atoms with Crippen LogP contribution in [-0.4, -0.2) is 20.9 Å². The van der Waals surface area contributed by atoms with Crippen molar-refractivity contribution in [3.63, 3.8) is 0 Å². The number of ketones is 1. The van der Waals surface area contributed by atoms with Gasteiger partial charge in [0.1, 0.15) is 0 Å². The standard InChI is InChI=1S/C12H21N3O/c1-4-8-15-9-7-14-11(15)10(16)12(13,5-2)6-3/h7,9H,4-6,8,13H2,1-3H3. The van der Waals surface area contributed by atoms with E-state index in [1.165, 1.54) is 0 Å². The van der Waals surface area contributed by atoms with Gasteiger partial charge in [-0.3, -0.25) is 4.79 Å². The molecule has 1 aromatic rings. The van der Waals surface area contributed by atoms with E-state index in [0.29, 0.717) is 18.7 Å². The highest BCUT2D eigenvalue weighted by Crippen LogP contribution is 2.17. The van der Waals surface area contributed by atoms with Crippen LogP contribution in [0.4, 0.5) is 0 Å². The molecule has 0 bridgehead atoms. The van der Waals surface area contributed by atoms with Crippen molar-refractivity contribution >= 4 is 5.78 Å². The first-order chi connectivity index (χ1) is 7.59. The summed E-state index contributed by atoms with van der Waals surface area (Å²) < 4.78 is 1.88. The minimum atomic E-state index is -0.767. The predicted molar refractivity (Wildman–Crippen MR) is 64.3 cm³/mol. The maximum absolute atomic E-state index is 12.3. The molecule has 4 heteroatoms. The van der Waals surface area contributed by atoms with Crippen molar-refractivity contribution in [1.82, 2.24) is 9.55 Å². The molecule has 0 aromatic carbocycles. The number of hydrogen-bond acceptors (Lipinski definition) is 3. The Balaban J connectivity index is 2.99. The molecule has 0 aliphatic heterocycles. The van der Waals surface area contributed by atoms with Crippen molar-refractivity contribution in [1.29, 1.82) is 0 Å². The molecular weight excluding hydrogens is 202 g/mol. The van der Waals surface area contributed by atoms with Crippen LogP contribution in [0.2, 0.25) is 0 Å². The maximum atomic E-state index is 12.3. The molecule has 4 nitrogen and oxygen atoms in total. The molecule has 0 saturated heterocycles. The van der Waals surface area contributed by atoms with Gasteiger partial charge in [0.25, 0.3) is 0 Å². The molecule has 0 aliphatic carbocycles. The van der Waals surface area contributed by atoms with Gasteiger partial charge in [-0.25, -0.2) is 4.98 Å². The van der Waals surface area contributed by atoms with Gasteiger partial charge in [0.15, 0.2) is 5.82 Å². The van der Waals surface area contributed by atoms with Crippen molar-refractivity contribution in [3.05, 3.63) is 18.2 Å². The number of aryl methyl sites for hydroxylation is 1. The average Bonchev–Trinajstić information content (AvgIpc) is 2.75. The second-order valence-corrected chi connectivity index (χ2v) is 4.14. The molecule has 0 spiro atoms. The van der Waals surface area contributed by atoms with E-state index < -0.39 is 5.54 Å². The zero-order chi connectivity index (χ0) is 12.2. The van der Waals surface area contributed by atoms with Crippen LogP contribution in [0.25, 0.3) is 0 Å². The van der Waals surface area contributed by atoms with Crippen LogP contribution in [-0.2, 0) is 6.54 Å². The Bertz CT molecular complexity index is 353. The molecule has 0 aliphatic rings. The van der Waals surface area contributed by atoms with Crippen LogP contribution in [0.3, 0.4) is 0 Å². The lowest BCUT2D eigenvalue weighted by atomic mass is 9.88. The summed E-state index contributed by atoms with van der Waals surface area (Å²) in [5.41, 5.74) is 5.33. The number of rotatable bonds is 6. The summed E-state index contributed by atoms with van der Waals surface area (Å²) in [5.74, 6) is 0.448. The highest BCUT2D eigenvalue weighted by atomic mass is 16.1. The van der Waals surface area contributed by atoms with Gasteiger partial charge >= 0.3 is 0 Å². The van der Waals surface area contributed by atoms with Gasteiger partial charge in [0, 0.05) is 18.9 Å². The number of aromatic nitrogens is 2. The summed E-state index contributed by atoms with van der Waals surface area (Å²) in [6.07, 6.45) is 5.76.